The number of nitrogens with one attached hydrogen (secondary N) is 2. The standard InChI is InChI=1S/C10H16ClN2O5P/c11-8-7(9(14)13-10(15)12-8)5-3-1-2-4-6-19(16,17)18/h1-6H2,(H2,16,17,18)(H2,12,13,14,15). The highest BCUT2D eigenvalue weighted by Crippen LogP contribution is 2.35. The van der Waals surface area contributed by atoms with Crippen molar-refractivity contribution in [1.29, 1.82) is 0 Å². The second kappa shape index (κ2) is 7.05. The van der Waals surface area contributed by atoms with Gasteiger partial charge < -0.3 is 9.79 Å². The lowest BCUT2D eigenvalue weighted by molar-refractivity contribution is 0.370. The largest absolute Gasteiger partial charge is 0.326 e. The van der Waals surface area contributed by atoms with Crippen LogP contribution in [-0.2, 0) is 11.0 Å². The van der Waals surface area contributed by atoms with Crippen LogP contribution in [0, 0.1) is 0 Å². The first-order valence-electron chi connectivity index (χ1n) is 5.85. The van der Waals surface area contributed by atoms with Crippen molar-refractivity contribution in [3.05, 3.63) is 31.6 Å². The Bertz CT molecular complexity index is 576. The van der Waals surface area contributed by atoms with Crippen molar-refractivity contribution in [3.63, 3.8) is 0 Å². The van der Waals surface area contributed by atoms with Crippen molar-refractivity contribution in [2.45, 2.75) is 32.1 Å². The maximum Gasteiger partial charge on any atom is 0.326 e. The minimum Gasteiger partial charge on any atom is -0.324 e. The third-order valence-corrected chi connectivity index (χ3v) is 3.84. The van der Waals surface area contributed by atoms with E-state index in [0.717, 1.165) is 6.42 Å². The molecular weight excluding hydrogens is 295 g/mol. The van der Waals surface area contributed by atoms with Crippen LogP contribution in [-0.4, -0.2) is 25.9 Å². The number of aromatic amines is 2. The van der Waals surface area contributed by atoms with Gasteiger partial charge in [0, 0.05) is 6.16 Å². The molecule has 9 heteroatoms. The van der Waals surface area contributed by atoms with Crippen LogP contribution in [0.3, 0.4) is 0 Å². The molecule has 0 atom stereocenters. The highest BCUT2D eigenvalue weighted by molar-refractivity contribution is 7.51. The summed E-state index contributed by atoms with van der Waals surface area (Å²) in [6, 6.07) is 0. The van der Waals surface area contributed by atoms with Gasteiger partial charge in [0.2, 0.25) is 0 Å². The van der Waals surface area contributed by atoms with Gasteiger partial charge >= 0.3 is 13.3 Å². The van der Waals surface area contributed by atoms with E-state index in [1.54, 1.807) is 0 Å². The Kier molecular flexibility index (Phi) is 6.00. The lowest BCUT2D eigenvalue weighted by atomic mass is 10.1. The third-order valence-electron chi connectivity index (χ3n) is 2.62. The lowest BCUT2D eigenvalue weighted by Crippen LogP contribution is -2.25. The van der Waals surface area contributed by atoms with Gasteiger partial charge in [-0.1, -0.05) is 24.4 Å². The molecule has 0 amide bonds. The van der Waals surface area contributed by atoms with Crippen LogP contribution in [0.4, 0.5) is 0 Å². The van der Waals surface area contributed by atoms with E-state index >= 15 is 0 Å². The molecule has 108 valence electrons. The van der Waals surface area contributed by atoms with Crippen LogP contribution in [0.2, 0.25) is 5.15 Å². The van der Waals surface area contributed by atoms with Gasteiger partial charge in [0.1, 0.15) is 5.15 Å². The summed E-state index contributed by atoms with van der Waals surface area (Å²) in [5, 5.41) is 0.0453. The van der Waals surface area contributed by atoms with E-state index in [0.29, 0.717) is 31.2 Å². The summed E-state index contributed by atoms with van der Waals surface area (Å²) >= 11 is 5.76. The number of aromatic nitrogens is 2. The smallest absolute Gasteiger partial charge is 0.324 e. The Balaban J connectivity index is 2.37. The van der Waals surface area contributed by atoms with Crippen molar-refractivity contribution in [2.75, 3.05) is 6.16 Å². The quantitative estimate of drug-likeness (QED) is 0.340. The fraction of sp³-hybridized carbons (Fsp3) is 0.600. The Morgan fingerprint density at radius 3 is 2.26 bits per heavy atom. The molecule has 1 rings (SSSR count). The summed E-state index contributed by atoms with van der Waals surface area (Å²) in [4.78, 5) is 44.1. The molecule has 0 unspecified atom stereocenters. The Morgan fingerprint density at radius 1 is 1.05 bits per heavy atom. The molecule has 0 aromatic carbocycles. The fourth-order valence-electron chi connectivity index (χ4n) is 1.68. The average molecular weight is 311 g/mol. The maximum absolute atomic E-state index is 11.4. The van der Waals surface area contributed by atoms with Crippen molar-refractivity contribution < 1.29 is 14.4 Å². The van der Waals surface area contributed by atoms with Gasteiger partial charge in [-0.05, 0) is 19.3 Å². The molecule has 0 aliphatic rings. The van der Waals surface area contributed by atoms with Gasteiger partial charge in [-0.3, -0.25) is 19.3 Å². The summed E-state index contributed by atoms with van der Waals surface area (Å²) in [5.41, 5.74) is -0.805. The van der Waals surface area contributed by atoms with Crippen LogP contribution >= 0.6 is 19.2 Å². The number of hydrogen-bond acceptors (Lipinski definition) is 3. The summed E-state index contributed by atoms with van der Waals surface area (Å²) in [7, 11) is -3.91. The molecule has 0 aliphatic carbocycles. The van der Waals surface area contributed by atoms with E-state index in [2.05, 4.69) is 9.97 Å². The molecule has 4 N–H and O–H groups in total. The van der Waals surface area contributed by atoms with E-state index in [9.17, 15) is 14.2 Å². The SMILES string of the molecule is O=c1[nH]c(Cl)c(CCCCCCP(=O)(O)O)c(=O)[nH]1. The van der Waals surface area contributed by atoms with Crippen LogP contribution < -0.4 is 11.2 Å². The molecule has 0 saturated heterocycles. The van der Waals surface area contributed by atoms with Crippen LogP contribution in [0.25, 0.3) is 0 Å². The van der Waals surface area contributed by atoms with Crippen LogP contribution in [0.15, 0.2) is 9.59 Å². The molecule has 0 radical (unpaired) electrons. The maximum atomic E-state index is 11.4. The van der Waals surface area contributed by atoms with Gasteiger partial charge in [-0.2, -0.15) is 0 Å². The zero-order valence-corrected chi connectivity index (χ0v) is 11.8. The minimum atomic E-state index is -3.91. The number of H-pyrrole nitrogens is 2. The molecule has 1 aromatic heterocycles. The molecule has 0 fully saturated rings. The number of halogens is 1. The van der Waals surface area contributed by atoms with Gasteiger partial charge in [-0.15, -0.1) is 0 Å². The first-order valence-corrected chi connectivity index (χ1v) is 8.03. The third kappa shape index (κ3) is 6.20. The highest BCUT2D eigenvalue weighted by atomic mass is 35.5. The molecule has 0 saturated carbocycles. The molecular formula is C10H16ClN2O5P. The van der Waals surface area contributed by atoms with Crippen molar-refractivity contribution >= 4 is 19.2 Å². The topological polar surface area (TPSA) is 123 Å². The zero-order chi connectivity index (χ0) is 14.5. The van der Waals surface area contributed by atoms with Gasteiger partial charge in [-0.25, -0.2) is 4.79 Å². The molecule has 1 heterocycles. The Labute approximate surface area is 114 Å². The van der Waals surface area contributed by atoms with E-state index in [1.807, 2.05) is 0 Å². The molecule has 19 heavy (non-hydrogen) atoms. The lowest BCUT2D eigenvalue weighted by Gasteiger charge is -2.04. The normalized spacial score (nSPS) is 11.7. The average Bonchev–Trinajstić information content (AvgIpc) is 2.24. The second-order valence-corrected chi connectivity index (χ2v) is 6.41. The van der Waals surface area contributed by atoms with Gasteiger partial charge in [0.05, 0.1) is 5.56 Å². The predicted octanol–water partition coefficient (Wildman–Crippen LogP) is 0.997. The molecule has 0 aliphatic heterocycles. The first-order chi connectivity index (χ1) is 8.79. The molecule has 7 nitrogen and oxygen atoms in total. The summed E-state index contributed by atoms with van der Waals surface area (Å²) < 4.78 is 10.6. The predicted molar refractivity (Wildman–Crippen MR) is 71.8 cm³/mol. The number of rotatable bonds is 7. The number of hydrogen-bond donors (Lipinski definition) is 4. The number of unbranched alkanes of at least 4 members (excludes halogenated alkanes) is 3. The van der Waals surface area contributed by atoms with Gasteiger partial charge in [0.25, 0.3) is 5.56 Å². The van der Waals surface area contributed by atoms with E-state index in [-0.39, 0.29) is 11.3 Å². The second-order valence-electron chi connectivity index (χ2n) is 4.25. The van der Waals surface area contributed by atoms with Crippen LogP contribution in [0.1, 0.15) is 31.2 Å². The summed E-state index contributed by atoms with van der Waals surface area (Å²) in [6.45, 7) is 0. The van der Waals surface area contributed by atoms with Crippen molar-refractivity contribution in [1.82, 2.24) is 9.97 Å². The van der Waals surface area contributed by atoms with E-state index in [1.165, 1.54) is 0 Å². The Morgan fingerprint density at radius 2 is 1.68 bits per heavy atom. The van der Waals surface area contributed by atoms with Gasteiger partial charge in [0.15, 0.2) is 0 Å². The van der Waals surface area contributed by atoms with Crippen molar-refractivity contribution in [3.8, 4) is 0 Å². The summed E-state index contributed by atoms with van der Waals surface area (Å²) in [6.07, 6.45) is 2.81. The Hall–Kier alpha value is -0.880. The summed E-state index contributed by atoms with van der Waals surface area (Å²) in [5.74, 6) is 0. The van der Waals surface area contributed by atoms with E-state index < -0.39 is 18.8 Å². The highest BCUT2D eigenvalue weighted by Gasteiger charge is 2.11. The van der Waals surface area contributed by atoms with Crippen LogP contribution in [0.5, 0.6) is 0 Å². The zero-order valence-electron chi connectivity index (χ0n) is 10.2. The first kappa shape index (κ1) is 16.2. The monoisotopic (exact) mass is 310 g/mol. The van der Waals surface area contributed by atoms with E-state index in [4.69, 9.17) is 21.4 Å². The molecule has 1 aromatic rings. The molecule has 0 bridgehead atoms. The van der Waals surface area contributed by atoms with Crippen molar-refractivity contribution in [2.24, 2.45) is 0 Å². The minimum absolute atomic E-state index is 0.0453. The fourth-order valence-corrected chi connectivity index (χ4v) is 2.58. The molecule has 0 spiro atoms.